The van der Waals surface area contributed by atoms with Crippen LogP contribution in [0, 0.1) is 11.6 Å². The highest BCUT2D eigenvalue weighted by atomic mass is 19.1. The van der Waals surface area contributed by atoms with Crippen LogP contribution in [0.15, 0.2) is 42.5 Å². The van der Waals surface area contributed by atoms with Crippen molar-refractivity contribution >= 4 is 5.78 Å². The van der Waals surface area contributed by atoms with Gasteiger partial charge in [-0.05, 0) is 24.3 Å². The topological polar surface area (TPSA) is 35.5 Å². The highest BCUT2D eigenvalue weighted by Gasteiger charge is 2.28. The molecule has 0 aliphatic carbocycles. The Labute approximate surface area is 113 Å². The first-order valence-corrected chi connectivity index (χ1v) is 6.02. The Bertz CT molecular complexity index is 650. The number of carbonyl (C=O) groups is 1. The number of Topliss-reactive ketones (excluding diaryl/α,β-unsaturated/α-hetero) is 1. The third kappa shape index (κ3) is 2.34. The number of fused-ring (bicyclic) bond motifs is 1. The second-order valence-electron chi connectivity index (χ2n) is 4.39. The molecule has 1 atom stereocenters. The van der Waals surface area contributed by atoms with Gasteiger partial charge in [-0.1, -0.05) is 12.1 Å². The molecule has 2 aromatic carbocycles. The van der Waals surface area contributed by atoms with Crippen molar-refractivity contribution < 1.29 is 23.0 Å². The smallest absolute Gasteiger partial charge is 0.207 e. The van der Waals surface area contributed by atoms with E-state index in [4.69, 9.17) is 9.47 Å². The lowest BCUT2D eigenvalue weighted by Crippen LogP contribution is -2.36. The molecule has 1 aliphatic heterocycles. The predicted molar refractivity (Wildman–Crippen MR) is 67.0 cm³/mol. The van der Waals surface area contributed by atoms with Gasteiger partial charge in [-0.2, -0.15) is 0 Å². The van der Waals surface area contributed by atoms with Gasteiger partial charge in [0.05, 0.1) is 0 Å². The van der Waals surface area contributed by atoms with Crippen LogP contribution in [0.5, 0.6) is 11.5 Å². The maximum absolute atomic E-state index is 13.1. The summed E-state index contributed by atoms with van der Waals surface area (Å²) in [6, 6.07) is 9.59. The first-order valence-electron chi connectivity index (χ1n) is 6.02. The van der Waals surface area contributed by atoms with E-state index >= 15 is 0 Å². The maximum Gasteiger partial charge on any atom is 0.207 e. The predicted octanol–water partition coefficient (Wildman–Crippen LogP) is 2.99. The van der Waals surface area contributed by atoms with E-state index in [1.807, 2.05) is 0 Å². The van der Waals surface area contributed by atoms with E-state index in [0.29, 0.717) is 17.6 Å². The molecule has 20 heavy (non-hydrogen) atoms. The highest BCUT2D eigenvalue weighted by molar-refractivity contribution is 6.00. The van der Waals surface area contributed by atoms with Crippen molar-refractivity contribution in [3.8, 4) is 11.5 Å². The molecular weight excluding hydrogens is 266 g/mol. The van der Waals surface area contributed by atoms with E-state index < -0.39 is 23.5 Å². The number of ketones is 1. The normalized spacial score (nSPS) is 16.8. The van der Waals surface area contributed by atoms with Gasteiger partial charge in [-0.25, -0.2) is 8.78 Å². The van der Waals surface area contributed by atoms with Crippen LogP contribution >= 0.6 is 0 Å². The molecule has 3 rings (SSSR count). The largest absolute Gasteiger partial charge is 0.485 e. The van der Waals surface area contributed by atoms with Crippen LogP contribution in [-0.4, -0.2) is 18.5 Å². The fraction of sp³-hybridized carbons (Fsp3) is 0.133. The molecule has 5 heteroatoms. The first-order chi connectivity index (χ1) is 9.63. The molecule has 102 valence electrons. The van der Waals surface area contributed by atoms with E-state index in [1.165, 1.54) is 0 Å². The van der Waals surface area contributed by atoms with Crippen LogP contribution in [0.1, 0.15) is 10.4 Å². The van der Waals surface area contributed by atoms with Gasteiger partial charge < -0.3 is 9.47 Å². The van der Waals surface area contributed by atoms with Crippen LogP contribution in [0.4, 0.5) is 8.78 Å². The fourth-order valence-corrected chi connectivity index (χ4v) is 2.03. The molecule has 0 spiro atoms. The van der Waals surface area contributed by atoms with Crippen molar-refractivity contribution in [1.82, 2.24) is 0 Å². The third-order valence-electron chi connectivity index (χ3n) is 2.95. The second kappa shape index (κ2) is 4.92. The van der Waals surface area contributed by atoms with E-state index in [0.717, 1.165) is 12.1 Å². The second-order valence-corrected chi connectivity index (χ2v) is 4.39. The van der Waals surface area contributed by atoms with E-state index in [-0.39, 0.29) is 12.2 Å². The van der Waals surface area contributed by atoms with Gasteiger partial charge in [0.15, 0.2) is 17.6 Å². The van der Waals surface area contributed by atoms with Crippen LogP contribution < -0.4 is 9.47 Å². The molecule has 0 radical (unpaired) electrons. The number of hydrogen-bond donors (Lipinski definition) is 0. The molecule has 0 N–H and O–H groups in total. The van der Waals surface area contributed by atoms with Gasteiger partial charge in [-0.3, -0.25) is 4.79 Å². The monoisotopic (exact) mass is 276 g/mol. The quantitative estimate of drug-likeness (QED) is 0.791. The van der Waals surface area contributed by atoms with Crippen molar-refractivity contribution in [2.45, 2.75) is 6.10 Å². The number of carbonyl (C=O) groups excluding carboxylic acids is 1. The van der Waals surface area contributed by atoms with Crippen molar-refractivity contribution in [3.63, 3.8) is 0 Å². The number of halogens is 2. The fourth-order valence-electron chi connectivity index (χ4n) is 2.03. The summed E-state index contributed by atoms with van der Waals surface area (Å²) in [6.07, 6.45) is -0.911. The van der Waals surface area contributed by atoms with Gasteiger partial charge in [0.1, 0.15) is 18.2 Å². The molecule has 0 saturated heterocycles. The van der Waals surface area contributed by atoms with Gasteiger partial charge in [0, 0.05) is 11.6 Å². The number of rotatable bonds is 2. The zero-order chi connectivity index (χ0) is 14.1. The van der Waals surface area contributed by atoms with Crippen molar-refractivity contribution in [2.24, 2.45) is 0 Å². The average Bonchev–Trinajstić information content (AvgIpc) is 2.45. The van der Waals surface area contributed by atoms with Crippen LogP contribution in [0.2, 0.25) is 0 Å². The summed E-state index contributed by atoms with van der Waals surface area (Å²) in [4.78, 5) is 12.2. The van der Waals surface area contributed by atoms with Gasteiger partial charge >= 0.3 is 0 Å². The van der Waals surface area contributed by atoms with E-state index in [1.54, 1.807) is 24.3 Å². The summed E-state index contributed by atoms with van der Waals surface area (Å²) in [5, 5.41) is 0. The van der Waals surface area contributed by atoms with Crippen molar-refractivity contribution in [1.29, 1.82) is 0 Å². The Balaban J connectivity index is 1.86. The minimum Gasteiger partial charge on any atom is -0.485 e. The molecule has 0 saturated carbocycles. The molecule has 0 aromatic heterocycles. The lowest BCUT2D eigenvalue weighted by Gasteiger charge is -2.25. The van der Waals surface area contributed by atoms with Gasteiger partial charge in [0.25, 0.3) is 0 Å². The minimum absolute atomic E-state index is 0.00792. The van der Waals surface area contributed by atoms with Crippen molar-refractivity contribution in [2.75, 3.05) is 6.61 Å². The zero-order valence-electron chi connectivity index (χ0n) is 10.3. The summed E-state index contributed by atoms with van der Waals surface area (Å²) in [5.74, 6) is -1.13. The summed E-state index contributed by atoms with van der Waals surface area (Å²) < 4.78 is 37.2. The van der Waals surface area contributed by atoms with Crippen LogP contribution in [0.25, 0.3) is 0 Å². The first kappa shape index (κ1) is 12.6. The third-order valence-corrected chi connectivity index (χ3v) is 2.95. The number of benzene rings is 2. The molecule has 2 aromatic rings. The molecule has 0 amide bonds. The molecule has 0 fully saturated rings. The van der Waals surface area contributed by atoms with Crippen LogP contribution in [-0.2, 0) is 0 Å². The van der Waals surface area contributed by atoms with Gasteiger partial charge in [-0.15, -0.1) is 0 Å². The Morgan fingerprint density at radius 3 is 2.40 bits per heavy atom. The lowest BCUT2D eigenvalue weighted by atomic mass is 10.1. The van der Waals surface area contributed by atoms with Gasteiger partial charge in [0.2, 0.25) is 5.78 Å². The summed E-state index contributed by atoms with van der Waals surface area (Å²) in [6.45, 7) is 0.00792. The lowest BCUT2D eigenvalue weighted by molar-refractivity contribution is 0.0585. The minimum atomic E-state index is -0.911. The SMILES string of the molecule is O=C(c1cc(F)cc(F)c1)C1COc2ccccc2O1. The number of para-hydroxylation sites is 2. The molecule has 1 aliphatic rings. The highest BCUT2D eigenvalue weighted by Crippen LogP contribution is 2.31. The van der Waals surface area contributed by atoms with Crippen molar-refractivity contribution in [3.05, 3.63) is 59.7 Å². The Hall–Kier alpha value is -2.43. The Morgan fingerprint density at radius 2 is 1.70 bits per heavy atom. The maximum atomic E-state index is 13.1. The molecular formula is C15H10F2O3. The number of hydrogen-bond acceptors (Lipinski definition) is 3. The standard InChI is InChI=1S/C15H10F2O3/c16-10-5-9(6-11(17)7-10)15(18)14-8-19-12-3-1-2-4-13(12)20-14/h1-7,14H,8H2. The van der Waals surface area contributed by atoms with E-state index in [9.17, 15) is 13.6 Å². The van der Waals surface area contributed by atoms with E-state index in [2.05, 4.69) is 0 Å². The molecule has 1 unspecified atom stereocenters. The summed E-state index contributed by atoms with van der Waals surface area (Å²) in [5.41, 5.74) is -0.0736. The summed E-state index contributed by atoms with van der Waals surface area (Å²) >= 11 is 0. The average molecular weight is 276 g/mol. The molecule has 3 nitrogen and oxygen atoms in total. The molecule has 1 heterocycles. The molecule has 0 bridgehead atoms. The summed E-state index contributed by atoms with van der Waals surface area (Å²) in [7, 11) is 0. The van der Waals surface area contributed by atoms with Crippen LogP contribution in [0.3, 0.4) is 0 Å². The Morgan fingerprint density at radius 1 is 1.05 bits per heavy atom. The zero-order valence-corrected chi connectivity index (χ0v) is 10.3. The number of ether oxygens (including phenoxy) is 2. The Kier molecular flexibility index (Phi) is 3.10.